The lowest BCUT2D eigenvalue weighted by Crippen LogP contribution is -2.48. The van der Waals surface area contributed by atoms with E-state index in [2.05, 4.69) is 20.0 Å². The van der Waals surface area contributed by atoms with Gasteiger partial charge in [-0.3, -0.25) is 9.69 Å². The smallest absolute Gasteiger partial charge is 0.422 e. The van der Waals surface area contributed by atoms with Crippen LogP contribution in [0.3, 0.4) is 0 Å². The van der Waals surface area contributed by atoms with E-state index in [1.54, 1.807) is 17.0 Å². The summed E-state index contributed by atoms with van der Waals surface area (Å²) in [5, 5.41) is 4.06. The number of aromatic nitrogens is 3. The van der Waals surface area contributed by atoms with Crippen LogP contribution in [0.4, 0.5) is 26.3 Å². The molecule has 0 spiro atoms. The minimum atomic E-state index is -4.45. The number of carbonyl (C=O) groups is 1. The van der Waals surface area contributed by atoms with Crippen molar-refractivity contribution in [3.8, 4) is 27.9 Å². The Labute approximate surface area is 233 Å². The summed E-state index contributed by atoms with van der Waals surface area (Å²) in [7, 11) is 0. The van der Waals surface area contributed by atoms with Gasteiger partial charge in [-0.2, -0.15) is 31.3 Å². The zero-order valence-electron chi connectivity index (χ0n) is 21.1. The lowest BCUT2D eigenvalue weighted by Gasteiger charge is -2.34. The van der Waals surface area contributed by atoms with Gasteiger partial charge in [0.1, 0.15) is 10.6 Å². The second-order valence-corrected chi connectivity index (χ2v) is 10.2. The zero-order valence-corrected chi connectivity index (χ0v) is 21.9. The van der Waals surface area contributed by atoms with Crippen LogP contribution >= 0.6 is 11.3 Å². The van der Waals surface area contributed by atoms with Crippen molar-refractivity contribution < 1.29 is 40.4 Å². The Morgan fingerprint density at radius 2 is 1.63 bits per heavy atom. The van der Waals surface area contributed by atoms with Gasteiger partial charge in [-0.1, -0.05) is 29.4 Å². The maximum Gasteiger partial charge on any atom is 0.422 e. The van der Waals surface area contributed by atoms with Gasteiger partial charge < -0.3 is 14.2 Å². The molecule has 2 aromatic heterocycles. The molecule has 41 heavy (non-hydrogen) atoms. The van der Waals surface area contributed by atoms with Crippen molar-refractivity contribution in [1.29, 1.82) is 0 Å². The highest BCUT2D eigenvalue weighted by Crippen LogP contribution is 2.32. The average Bonchev–Trinajstić information content (AvgIpc) is 3.62. The minimum absolute atomic E-state index is 0.0936. The van der Waals surface area contributed by atoms with Crippen LogP contribution in [-0.4, -0.2) is 69.8 Å². The molecule has 0 aliphatic carbocycles. The first kappa shape index (κ1) is 28.5. The monoisotopic (exact) mass is 597 g/mol. The number of hydrogen-bond acceptors (Lipinski definition) is 8. The van der Waals surface area contributed by atoms with Crippen molar-refractivity contribution in [2.45, 2.75) is 18.9 Å². The molecule has 1 aliphatic rings. The van der Waals surface area contributed by atoms with E-state index in [1.807, 2.05) is 0 Å². The first-order chi connectivity index (χ1) is 19.4. The number of amides is 1. The van der Waals surface area contributed by atoms with Crippen LogP contribution in [-0.2, 0) is 12.7 Å². The molecule has 0 atom stereocenters. The highest BCUT2D eigenvalue weighted by molar-refractivity contribution is 7.16. The molecule has 0 radical (unpaired) electrons. The SMILES string of the molecule is O=C(c1ncc(-c2nc(-c3ccc(C(F)(F)F)cc3)no2)s1)N1CCN(Cc2ccc(OCC(F)(F)F)cc2)CC1. The maximum atomic E-state index is 13.0. The molecule has 216 valence electrons. The van der Waals surface area contributed by atoms with Crippen molar-refractivity contribution in [2.24, 2.45) is 0 Å². The maximum absolute atomic E-state index is 13.0. The van der Waals surface area contributed by atoms with Gasteiger partial charge in [0.05, 0.1) is 11.8 Å². The molecule has 2 aromatic carbocycles. The van der Waals surface area contributed by atoms with Crippen molar-refractivity contribution in [3.63, 3.8) is 0 Å². The van der Waals surface area contributed by atoms with E-state index in [9.17, 15) is 31.1 Å². The summed E-state index contributed by atoms with van der Waals surface area (Å²) in [6, 6.07) is 10.8. The van der Waals surface area contributed by atoms with Gasteiger partial charge >= 0.3 is 12.4 Å². The molecule has 5 rings (SSSR count). The van der Waals surface area contributed by atoms with Crippen LogP contribution in [0.2, 0.25) is 0 Å². The second kappa shape index (κ2) is 11.5. The molecule has 0 bridgehead atoms. The Morgan fingerprint density at radius 3 is 2.27 bits per heavy atom. The van der Waals surface area contributed by atoms with E-state index in [-0.39, 0.29) is 28.4 Å². The number of thiazole rings is 1. The van der Waals surface area contributed by atoms with Crippen molar-refractivity contribution in [2.75, 3.05) is 32.8 Å². The number of carbonyl (C=O) groups excluding carboxylic acids is 1. The first-order valence-electron chi connectivity index (χ1n) is 12.2. The Hall–Kier alpha value is -3.98. The summed E-state index contributed by atoms with van der Waals surface area (Å²) >= 11 is 1.07. The van der Waals surface area contributed by atoms with Gasteiger partial charge in [-0.25, -0.2) is 4.98 Å². The molecule has 3 heterocycles. The van der Waals surface area contributed by atoms with E-state index in [0.29, 0.717) is 43.2 Å². The number of nitrogens with zero attached hydrogens (tertiary/aromatic N) is 5. The Balaban J connectivity index is 1.14. The van der Waals surface area contributed by atoms with Gasteiger partial charge in [-0.05, 0) is 29.8 Å². The summed E-state index contributed by atoms with van der Waals surface area (Å²) < 4.78 is 85.3. The predicted molar refractivity (Wildman–Crippen MR) is 135 cm³/mol. The third kappa shape index (κ3) is 7.21. The fourth-order valence-corrected chi connectivity index (χ4v) is 4.89. The number of piperazine rings is 1. The molecule has 1 aliphatic heterocycles. The molecule has 1 fully saturated rings. The minimum Gasteiger partial charge on any atom is -0.484 e. The van der Waals surface area contributed by atoms with Crippen LogP contribution in [0.25, 0.3) is 22.2 Å². The van der Waals surface area contributed by atoms with Crippen LogP contribution in [0, 0.1) is 0 Å². The highest BCUT2D eigenvalue weighted by Gasteiger charge is 2.31. The van der Waals surface area contributed by atoms with Crippen LogP contribution in [0.1, 0.15) is 20.9 Å². The number of benzene rings is 2. The van der Waals surface area contributed by atoms with Crippen LogP contribution in [0.5, 0.6) is 5.75 Å². The molecule has 1 saturated heterocycles. The number of hydrogen-bond donors (Lipinski definition) is 0. The molecule has 0 saturated carbocycles. The molecule has 1 amide bonds. The van der Waals surface area contributed by atoms with E-state index in [0.717, 1.165) is 29.0 Å². The normalized spacial score (nSPS) is 14.8. The molecule has 15 heteroatoms. The lowest BCUT2D eigenvalue weighted by molar-refractivity contribution is -0.153. The fourth-order valence-electron chi connectivity index (χ4n) is 4.08. The summed E-state index contributed by atoms with van der Waals surface area (Å²) in [6.07, 6.45) is -7.42. The predicted octanol–water partition coefficient (Wildman–Crippen LogP) is 5.78. The number of rotatable bonds is 7. The quantitative estimate of drug-likeness (QED) is 0.250. The third-order valence-corrected chi connectivity index (χ3v) is 7.16. The Morgan fingerprint density at radius 1 is 0.951 bits per heavy atom. The number of halogens is 6. The largest absolute Gasteiger partial charge is 0.484 e. The molecule has 4 aromatic rings. The molecule has 0 N–H and O–H groups in total. The number of alkyl halides is 6. The van der Waals surface area contributed by atoms with E-state index >= 15 is 0 Å². The Bertz CT molecular complexity index is 1480. The highest BCUT2D eigenvalue weighted by atomic mass is 32.1. The van der Waals surface area contributed by atoms with E-state index in [1.165, 1.54) is 30.5 Å². The summed E-state index contributed by atoms with van der Waals surface area (Å²) in [5.74, 6) is 0.0842. The van der Waals surface area contributed by atoms with Gasteiger partial charge in [0.25, 0.3) is 11.8 Å². The Kier molecular flexibility index (Phi) is 8.00. The van der Waals surface area contributed by atoms with Gasteiger partial charge in [0.15, 0.2) is 11.6 Å². The average molecular weight is 598 g/mol. The second-order valence-electron chi connectivity index (χ2n) is 9.14. The van der Waals surface area contributed by atoms with Gasteiger partial charge in [0.2, 0.25) is 5.82 Å². The van der Waals surface area contributed by atoms with Crippen LogP contribution in [0.15, 0.2) is 59.3 Å². The van der Waals surface area contributed by atoms with Crippen LogP contribution < -0.4 is 4.74 Å². The molecular formula is C26H21F6N5O3S. The topological polar surface area (TPSA) is 84.6 Å². The third-order valence-electron chi connectivity index (χ3n) is 6.19. The number of ether oxygens (including phenoxy) is 1. The standard InChI is InChI=1S/C26H21F6N5O3S/c27-25(28,29)15-39-19-7-1-16(2-8-19)14-36-9-11-37(12-10-36)24(38)23-33-13-20(41-23)22-34-21(35-40-22)17-3-5-18(6-4-17)26(30,31)32/h1-8,13H,9-12,14-15H2. The zero-order chi connectivity index (χ0) is 29.2. The van der Waals surface area contributed by atoms with Crippen molar-refractivity contribution in [1.82, 2.24) is 24.9 Å². The molecule has 0 unspecified atom stereocenters. The summed E-state index contributed by atoms with van der Waals surface area (Å²) in [5.41, 5.74) is 0.463. The summed E-state index contributed by atoms with van der Waals surface area (Å²) in [6.45, 7) is 1.33. The van der Waals surface area contributed by atoms with Gasteiger partial charge in [0, 0.05) is 38.3 Å². The molecule has 8 nitrogen and oxygen atoms in total. The summed E-state index contributed by atoms with van der Waals surface area (Å²) in [4.78, 5) is 25.7. The fraction of sp³-hybridized carbons (Fsp3) is 0.308. The van der Waals surface area contributed by atoms with E-state index < -0.39 is 24.5 Å². The van der Waals surface area contributed by atoms with Crippen molar-refractivity contribution in [3.05, 3.63) is 70.9 Å². The van der Waals surface area contributed by atoms with Gasteiger partial charge in [-0.15, -0.1) is 11.3 Å². The van der Waals surface area contributed by atoms with E-state index in [4.69, 9.17) is 9.26 Å². The molecular weight excluding hydrogens is 576 g/mol. The lowest BCUT2D eigenvalue weighted by atomic mass is 10.1. The first-order valence-corrected chi connectivity index (χ1v) is 13.0. The van der Waals surface area contributed by atoms with Crippen molar-refractivity contribution >= 4 is 17.2 Å².